The third kappa shape index (κ3) is 3.36. The second-order valence-electron chi connectivity index (χ2n) is 5.11. The van der Waals surface area contributed by atoms with Crippen molar-refractivity contribution < 1.29 is 13.5 Å². The molecule has 6 heteroatoms. The Labute approximate surface area is 118 Å². The van der Waals surface area contributed by atoms with Gasteiger partial charge in [-0.15, -0.1) is 0 Å². The summed E-state index contributed by atoms with van der Waals surface area (Å²) >= 11 is 0. The Morgan fingerprint density at radius 2 is 2.25 bits per heavy atom. The summed E-state index contributed by atoms with van der Waals surface area (Å²) in [4.78, 5) is 5.97. The van der Waals surface area contributed by atoms with E-state index in [-0.39, 0.29) is 11.6 Å². The molecule has 0 aliphatic carbocycles. The smallest absolute Gasteiger partial charge is 0.168 e. The second-order valence-corrected chi connectivity index (χ2v) is 5.11. The summed E-state index contributed by atoms with van der Waals surface area (Å²) in [7, 11) is 1.66. The number of nitrogens with one attached hydrogen (secondary N) is 1. The molecule has 1 atom stereocenters. The van der Waals surface area contributed by atoms with Crippen LogP contribution in [0.5, 0.6) is 0 Å². The summed E-state index contributed by atoms with van der Waals surface area (Å²) in [6.07, 6.45) is 1.79. The maximum atomic E-state index is 13.9. The predicted molar refractivity (Wildman–Crippen MR) is 75.1 cm³/mol. The topological polar surface area (TPSA) is 37.4 Å². The normalized spacial score (nSPS) is 18.6. The SMILES string of the molecule is CCCNc1nc(N2CCC(COC)C2)c(F)cc1F. The van der Waals surface area contributed by atoms with E-state index in [9.17, 15) is 8.78 Å². The summed E-state index contributed by atoms with van der Waals surface area (Å²) < 4.78 is 32.7. The fraction of sp³-hybridized carbons (Fsp3) is 0.643. The number of rotatable bonds is 6. The van der Waals surface area contributed by atoms with Crippen LogP contribution in [0.1, 0.15) is 19.8 Å². The van der Waals surface area contributed by atoms with E-state index in [1.54, 1.807) is 7.11 Å². The molecule has 0 aromatic carbocycles. The highest BCUT2D eigenvalue weighted by molar-refractivity contribution is 5.50. The molecule has 1 aliphatic heterocycles. The lowest BCUT2D eigenvalue weighted by Gasteiger charge is -2.19. The number of anilines is 2. The first-order valence-electron chi connectivity index (χ1n) is 6.99. The van der Waals surface area contributed by atoms with Crippen LogP contribution in [0.3, 0.4) is 0 Å². The molecule has 2 heterocycles. The van der Waals surface area contributed by atoms with Gasteiger partial charge >= 0.3 is 0 Å². The molecule has 2 rings (SSSR count). The molecule has 1 saturated heterocycles. The fourth-order valence-electron chi connectivity index (χ4n) is 2.44. The molecule has 1 fully saturated rings. The zero-order chi connectivity index (χ0) is 14.5. The molecular formula is C14H21F2N3O. The van der Waals surface area contributed by atoms with E-state index in [0.29, 0.717) is 25.6 Å². The van der Waals surface area contributed by atoms with Crippen molar-refractivity contribution in [3.8, 4) is 0 Å². The molecule has 0 bridgehead atoms. The van der Waals surface area contributed by atoms with Crippen LogP contribution in [0.15, 0.2) is 6.07 Å². The third-order valence-corrected chi connectivity index (χ3v) is 3.44. The van der Waals surface area contributed by atoms with E-state index in [1.807, 2.05) is 11.8 Å². The minimum Gasteiger partial charge on any atom is -0.384 e. The molecule has 0 saturated carbocycles. The van der Waals surface area contributed by atoms with Gasteiger partial charge < -0.3 is 15.0 Å². The van der Waals surface area contributed by atoms with Crippen molar-refractivity contribution in [2.75, 3.05) is 43.6 Å². The molecule has 0 amide bonds. The van der Waals surface area contributed by atoms with Crippen molar-refractivity contribution in [3.63, 3.8) is 0 Å². The Balaban J connectivity index is 2.14. The van der Waals surface area contributed by atoms with Crippen molar-refractivity contribution in [2.24, 2.45) is 5.92 Å². The third-order valence-electron chi connectivity index (χ3n) is 3.44. The lowest BCUT2D eigenvalue weighted by atomic mass is 10.1. The van der Waals surface area contributed by atoms with Crippen LogP contribution >= 0.6 is 0 Å². The van der Waals surface area contributed by atoms with Crippen LogP contribution in [0.2, 0.25) is 0 Å². The molecule has 1 N–H and O–H groups in total. The van der Waals surface area contributed by atoms with Crippen LogP contribution < -0.4 is 10.2 Å². The minimum atomic E-state index is -0.646. The van der Waals surface area contributed by atoms with Gasteiger partial charge in [0.15, 0.2) is 23.3 Å². The number of hydrogen-bond donors (Lipinski definition) is 1. The Hall–Kier alpha value is -1.43. The molecule has 20 heavy (non-hydrogen) atoms. The van der Waals surface area contributed by atoms with Gasteiger partial charge in [-0.1, -0.05) is 6.92 Å². The van der Waals surface area contributed by atoms with Crippen molar-refractivity contribution in [3.05, 3.63) is 17.7 Å². The first-order chi connectivity index (χ1) is 9.65. The lowest BCUT2D eigenvalue weighted by molar-refractivity contribution is 0.161. The Kier molecular flexibility index (Phi) is 5.11. The Morgan fingerprint density at radius 3 is 2.95 bits per heavy atom. The Bertz CT molecular complexity index is 456. The van der Waals surface area contributed by atoms with E-state index in [2.05, 4.69) is 10.3 Å². The van der Waals surface area contributed by atoms with Crippen LogP contribution in [-0.2, 0) is 4.74 Å². The summed E-state index contributed by atoms with van der Waals surface area (Å²) in [5.74, 6) is -0.532. The second kappa shape index (κ2) is 6.83. The Morgan fingerprint density at radius 1 is 1.45 bits per heavy atom. The first kappa shape index (κ1) is 15.0. The average Bonchev–Trinajstić information content (AvgIpc) is 2.87. The van der Waals surface area contributed by atoms with Crippen molar-refractivity contribution in [1.82, 2.24) is 4.98 Å². The highest BCUT2D eigenvalue weighted by Gasteiger charge is 2.26. The summed E-state index contributed by atoms with van der Waals surface area (Å²) in [6, 6.07) is 0.907. The number of ether oxygens (including phenoxy) is 1. The zero-order valence-electron chi connectivity index (χ0n) is 12.0. The van der Waals surface area contributed by atoms with E-state index >= 15 is 0 Å². The van der Waals surface area contributed by atoms with Crippen LogP contribution in [0.25, 0.3) is 0 Å². The summed E-state index contributed by atoms with van der Waals surface area (Å²) in [5.41, 5.74) is 0. The number of pyridine rings is 1. The van der Waals surface area contributed by atoms with Gasteiger partial charge in [0.2, 0.25) is 0 Å². The summed E-state index contributed by atoms with van der Waals surface area (Å²) in [6.45, 7) is 4.65. The van der Waals surface area contributed by atoms with E-state index in [4.69, 9.17) is 4.74 Å². The highest BCUT2D eigenvalue weighted by Crippen LogP contribution is 2.27. The van der Waals surface area contributed by atoms with Crippen molar-refractivity contribution in [1.29, 1.82) is 0 Å². The molecular weight excluding hydrogens is 264 g/mol. The number of nitrogens with zero attached hydrogens (tertiary/aromatic N) is 2. The molecule has 1 unspecified atom stereocenters. The van der Waals surface area contributed by atoms with Gasteiger partial charge in [-0.3, -0.25) is 0 Å². The van der Waals surface area contributed by atoms with Crippen molar-refractivity contribution in [2.45, 2.75) is 19.8 Å². The minimum absolute atomic E-state index is 0.124. The fourth-order valence-corrected chi connectivity index (χ4v) is 2.44. The molecule has 4 nitrogen and oxygen atoms in total. The number of hydrogen-bond acceptors (Lipinski definition) is 4. The van der Waals surface area contributed by atoms with Gasteiger partial charge in [-0.25, -0.2) is 13.8 Å². The molecule has 1 aromatic rings. The van der Waals surface area contributed by atoms with Crippen LogP contribution in [0.4, 0.5) is 20.4 Å². The van der Waals surface area contributed by atoms with Gasteiger partial charge in [0.1, 0.15) is 0 Å². The maximum Gasteiger partial charge on any atom is 0.168 e. The largest absolute Gasteiger partial charge is 0.384 e. The maximum absolute atomic E-state index is 13.9. The molecule has 0 radical (unpaired) electrons. The van der Waals surface area contributed by atoms with E-state index < -0.39 is 11.6 Å². The molecule has 1 aliphatic rings. The van der Waals surface area contributed by atoms with Gasteiger partial charge in [-0.05, 0) is 12.8 Å². The van der Waals surface area contributed by atoms with Gasteiger partial charge in [0.05, 0.1) is 6.61 Å². The number of halogens is 2. The highest BCUT2D eigenvalue weighted by atomic mass is 19.1. The van der Waals surface area contributed by atoms with Gasteiger partial charge in [-0.2, -0.15) is 0 Å². The quantitative estimate of drug-likeness (QED) is 0.872. The van der Waals surface area contributed by atoms with E-state index in [0.717, 1.165) is 25.5 Å². The molecule has 1 aromatic heterocycles. The monoisotopic (exact) mass is 285 g/mol. The standard InChI is InChI=1S/C14H21F2N3O/c1-3-5-17-13-11(15)7-12(16)14(18-13)19-6-4-10(8-19)9-20-2/h7,10H,3-6,8-9H2,1-2H3,(H,17,18). The van der Waals surface area contributed by atoms with E-state index in [1.165, 1.54) is 0 Å². The number of aromatic nitrogens is 1. The summed E-state index contributed by atoms with van der Waals surface area (Å²) in [5, 5.41) is 2.89. The van der Waals surface area contributed by atoms with Gasteiger partial charge in [0.25, 0.3) is 0 Å². The average molecular weight is 285 g/mol. The molecule has 112 valence electrons. The number of methoxy groups -OCH3 is 1. The molecule has 0 spiro atoms. The van der Waals surface area contributed by atoms with Gasteiger partial charge in [0, 0.05) is 38.7 Å². The van der Waals surface area contributed by atoms with Crippen LogP contribution in [-0.4, -0.2) is 38.3 Å². The van der Waals surface area contributed by atoms with Crippen molar-refractivity contribution >= 4 is 11.6 Å². The lowest BCUT2D eigenvalue weighted by Crippen LogP contribution is -2.24. The zero-order valence-corrected chi connectivity index (χ0v) is 12.0. The van der Waals surface area contributed by atoms with Crippen LogP contribution in [0, 0.1) is 17.6 Å². The predicted octanol–water partition coefficient (Wildman–Crippen LogP) is 2.65. The first-order valence-corrected chi connectivity index (χ1v) is 6.99.